The molecule has 0 saturated carbocycles. The van der Waals surface area contributed by atoms with Gasteiger partial charge in [0.15, 0.2) is 0 Å². The van der Waals surface area contributed by atoms with E-state index in [2.05, 4.69) is 44.4 Å². The van der Waals surface area contributed by atoms with Gasteiger partial charge in [0, 0.05) is 10.6 Å². The van der Waals surface area contributed by atoms with Gasteiger partial charge in [0.2, 0.25) is 0 Å². The maximum absolute atomic E-state index is 6.06. The molecular formula is C13H15NS. The molecule has 0 atom stereocenters. The molecule has 0 aliphatic rings. The van der Waals surface area contributed by atoms with Crippen molar-refractivity contribution in [2.24, 2.45) is 0 Å². The van der Waals surface area contributed by atoms with Gasteiger partial charge in [-0.2, -0.15) is 0 Å². The van der Waals surface area contributed by atoms with Gasteiger partial charge in [-0.05, 0) is 54.5 Å². The lowest BCUT2D eigenvalue weighted by Crippen LogP contribution is -1.97. The van der Waals surface area contributed by atoms with E-state index in [0.29, 0.717) is 0 Å². The van der Waals surface area contributed by atoms with Gasteiger partial charge < -0.3 is 5.73 Å². The molecule has 78 valence electrons. The lowest BCUT2D eigenvalue weighted by Gasteiger charge is -2.13. The predicted octanol–water partition coefficient (Wildman–Crippen LogP) is 3.92. The molecule has 0 aliphatic heterocycles. The average Bonchev–Trinajstić information content (AvgIpc) is 2.68. The summed E-state index contributed by atoms with van der Waals surface area (Å²) in [5.41, 5.74) is 12.0. The highest BCUT2D eigenvalue weighted by molar-refractivity contribution is 7.13. The zero-order chi connectivity index (χ0) is 11.0. The van der Waals surface area contributed by atoms with Crippen molar-refractivity contribution in [3.63, 3.8) is 0 Å². The highest BCUT2D eigenvalue weighted by Gasteiger charge is 2.10. The summed E-state index contributed by atoms with van der Waals surface area (Å²) in [5.74, 6) is 0. The Kier molecular flexibility index (Phi) is 2.53. The smallest absolute Gasteiger partial charge is 0.0380 e. The summed E-state index contributed by atoms with van der Waals surface area (Å²) >= 11 is 1.76. The molecule has 15 heavy (non-hydrogen) atoms. The van der Waals surface area contributed by atoms with Gasteiger partial charge in [0.05, 0.1) is 0 Å². The van der Waals surface area contributed by atoms with E-state index in [0.717, 1.165) is 5.69 Å². The molecule has 0 bridgehead atoms. The van der Waals surface area contributed by atoms with Gasteiger partial charge in [0.25, 0.3) is 0 Å². The Morgan fingerprint density at radius 3 is 2.47 bits per heavy atom. The topological polar surface area (TPSA) is 26.0 Å². The lowest BCUT2D eigenvalue weighted by molar-refractivity contribution is 1.33. The summed E-state index contributed by atoms with van der Waals surface area (Å²) in [6.45, 7) is 6.31. The van der Waals surface area contributed by atoms with E-state index < -0.39 is 0 Å². The van der Waals surface area contributed by atoms with Crippen LogP contribution < -0.4 is 5.73 Å². The van der Waals surface area contributed by atoms with Crippen LogP contribution in [0.4, 0.5) is 5.69 Å². The second-order valence-electron chi connectivity index (χ2n) is 3.90. The van der Waals surface area contributed by atoms with E-state index >= 15 is 0 Å². The first-order chi connectivity index (χ1) is 7.11. The summed E-state index contributed by atoms with van der Waals surface area (Å²) in [6.07, 6.45) is 0. The van der Waals surface area contributed by atoms with Crippen molar-refractivity contribution in [2.45, 2.75) is 20.8 Å². The molecule has 0 fully saturated rings. The molecule has 0 radical (unpaired) electrons. The van der Waals surface area contributed by atoms with Gasteiger partial charge in [-0.25, -0.2) is 0 Å². The highest BCUT2D eigenvalue weighted by atomic mass is 32.1. The van der Waals surface area contributed by atoms with Crippen molar-refractivity contribution in [3.05, 3.63) is 40.3 Å². The van der Waals surface area contributed by atoms with Crippen LogP contribution in [-0.4, -0.2) is 0 Å². The van der Waals surface area contributed by atoms with Crippen LogP contribution in [-0.2, 0) is 0 Å². The fourth-order valence-electron chi connectivity index (χ4n) is 2.00. The number of nitrogen functional groups attached to an aromatic ring is 1. The van der Waals surface area contributed by atoms with Crippen LogP contribution in [0, 0.1) is 20.8 Å². The van der Waals surface area contributed by atoms with Gasteiger partial charge in [0.1, 0.15) is 0 Å². The zero-order valence-corrected chi connectivity index (χ0v) is 10.1. The molecule has 0 amide bonds. The number of anilines is 1. The number of nitrogens with two attached hydrogens (primary N) is 1. The lowest BCUT2D eigenvalue weighted by atomic mass is 9.96. The molecule has 2 N–H and O–H groups in total. The Morgan fingerprint density at radius 2 is 1.87 bits per heavy atom. The maximum atomic E-state index is 6.06. The summed E-state index contributed by atoms with van der Waals surface area (Å²) in [4.78, 5) is 1.30. The molecule has 1 aromatic heterocycles. The zero-order valence-electron chi connectivity index (χ0n) is 9.29. The SMILES string of the molecule is Cc1cc(C)c(-c2cccs2)c(C)c1N. The number of benzene rings is 1. The molecule has 0 unspecified atom stereocenters. The van der Waals surface area contributed by atoms with Crippen molar-refractivity contribution in [3.8, 4) is 10.4 Å². The molecular weight excluding hydrogens is 202 g/mol. The van der Waals surface area contributed by atoms with Crippen molar-refractivity contribution < 1.29 is 0 Å². The predicted molar refractivity (Wildman–Crippen MR) is 68.4 cm³/mol. The van der Waals surface area contributed by atoms with Crippen molar-refractivity contribution in [1.29, 1.82) is 0 Å². The van der Waals surface area contributed by atoms with E-state index in [1.807, 2.05) is 0 Å². The Labute approximate surface area is 94.6 Å². The standard InChI is InChI=1S/C13H15NS/c1-8-7-9(2)13(14)10(3)12(8)11-5-4-6-15-11/h4-7H,14H2,1-3H3. The molecule has 2 heteroatoms. The number of rotatable bonds is 1. The van der Waals surface area contributed by atoms with Crippen LogP contribution in [0.5, 0.6) is 0 Å². The number of aryl methyl sites for hydroxylation is 2. The average molecular weight is 217 g/mol. The Bertz CT molecular complexity index is 484. The van der Waals surface area contributed by atoms with E-state index in [4.69, 9.17) is 5.73 Å². The van der Waals surface area contributed by atoms with Crippen LogP contribution in [0.1, 0.15) is 16.7 Å². The van der Waals surface area contributed by atoms with Gasteiger partial charge in [-0.1, -0.05) is 12.1 Å². The van der Waals surface area contributed by atoms with Gasteiger partial charge in [-0.15, -0.1) is 11.3 Å². The van der Waals surface area contributed by atoms with Crippen molar-refractivity contribution in [1.82, 2.24) is 0 Å². The van der Waals surface area contributed by atoms with Crippen molar-refractivity contribution in [2.75, 3.05) is 5.73 Å². The largest absolute Gasteiger partial charge is 0.398 e. The quantitative estimate of drug-likeness (QED) is 0.720. The monoisotopic (exact) mass is 217 g/mol. The van der Waals surface area contributed by atoms with Crippen LogP contribution in [0.25, 0.3) is 10.4 Å². The Morgan fingerprint density at radius 1 is 1.13 bits per heavy atom. The minimum Gasteiger partial charge on any atom is -0.398 e. The van der Waals surface area contributed by atoms with Gasteiger partial charge in [-0.3, -0.25) is 0 Å². The van der Waals surface area contributed by atoms with Crippen LogP contribution in [0.2, 0.25) is 0 Å². The fraction of sp³-hybridized carbons (Fsp3) is 0.231. The Balaban J connectivity index is 2.72. The Hall–Kier alpha value is -1.28. The van der Waals surface area contributed by atoms with Crippen LogP contribution in [0.3, 0.4) is 0 Å². The molecule has 1 aromatic carbocycles. The maximum Gasteiger partial charge on any atom is 0.0380 e. The third kappa shape index (κ3) is 1.65. The van der Waals surface area contributed by atoms with Gasteiger partial charge >= 0.3 is 0 Å². The minimum absolute atomic E-state index is 0.920. The summed E-state index contributed by atoms with van der Waals surface area (Å²) < 4.78 is 0. The van der Waals surface area contributed by atoms with Crippen molar-refractivity contribution >= 4 is 17.0 Å². The van der Waals surface area contributed by atoms with E-state index in [1.165, 1.54) is 27.1 Å². The second kappa shape index (κ2) is 3.70. The third-order valence-corrected chi connectivity index (χ3v) is 3.69. The van der Waals surface area contributed by atoms with E-state index in [9.17, 15) is 0 Å². The fourth-order valence-corrected chi connectivity index (χ4v) is 2.89. The first-order valence-corrected chi connectivity index (χ1v) is 5.89. The van der Waals surface area contributed by atoms with Crippen LogP contribution >= 0.6 is 11.3 Å². The molecule has 0 saturated heterocycles. The molecule has 0 aliphatic carbocycles. The number of hydrogen-bond donors (Lipinski definition) is 1. The van der Waals surface area contributed by atoms with E-state index in [1.54, 1.807) is 11.3 Å². The van der Waals surface area contributed by atoms with E-state index in [-0.39, 0.29) is 0 Å². The minimum atomic E-state index is 0.920. The second-order valence-corrected chi connectivity index (χ2v) is 4.85. The molecule has 2 rings (SSSR count). The third-order valence-electron chi connectivity index (χ3n) is 2.80. The normalized spacial score (nSPS) is 10.6. The molecule has 1 nitrogen and oxygen atoms in total. The molecule has 1 heterocycles. The molecule has 0 spiro atoms. The molecule has 2 aromatic rings. The number of thiophene rings is 1. The highest BCUT2D eigenvalue weighted by Crippen LogP contribution is 2.35. The number of hydrogen-bond acceptors (Lipinski definition) is 2. The summed E-state index contributed by atoms with van der Waals surface area (Å²) in [7, 11) is 0. The van der Waals surface area contributed by atoms with Crippen LogP contribution in [0.15, 0.2) is 23.6 Å². The summed E-state index contributed by atoms with van der Waals surface area (Å²) in [5, 5.41) is 2.10. The summed E-state index contributed by atoms with van der Waals surface area (Å²) in [6, 6.07) is 6.39. The first-order valence-electron chi connectivity index (χ1n) is 5.01. The first kappa shape index (κ1) is 10.2.